The summed E-state index contributed by atoms with van der Waals surface area (Å²) >= 11 is 0. The van der Waals surface area contributed by atoms with Gasteiger partial charge in [-0.15, -0.1) is 0 Å². The molecule has 1 heterocycles. The van der Waals surface area contributed by atoms with Crippen molar-refractivity contribution in [2.45, 2.75) is 24.3 Å². The minimum Gasteiger partial charge on any atom is -0.326 e. The van der Waals surface area contributed by atoms with Gasteiger partial charge in [-0.05, 0) is 36.9 Å². The van der Waals surface area contributed by atoms with Crippen molar-refractivity contribution >= 4 is 21.6 Å². The number of benzene rings is 2. The van der Waals surface area contributed by atoms with Crippen molar-refractivity contribution in [1.29, 1.82) is 0 Å². The molecule has 1 amide bonds. The summed E-state index contributed by atoms with van der Waals surface area (Å²) in [7, 11) is -1.63. The maximum atomic E-state index is 13.3. The summed E-state index contributed by atoms with van der Waals surface area (Å²) in [5.74, 6) is -0.103. The van der Waals surface area contributed by atoms with Crippen LogP contribution in [-0.2, 0) is 14.8 Å². The van der Waals surface area contributed by atoms with Gasteiger partial charge in [-0.25, -0.2) is 8.42 Å². The Balaban J connectivity index is 1.89. The molecule has 3 rings (SSSR count). The van der Waals surface area contributed by atoms with Gasteiger partial charge in [-0.3, -0.25) is 4.79 Å². The van der Waals surface area contributed by atoms with Crippen molar-refractivity contribution in [3.63, 3.8) is 0 Å². The highest BCUT2D eigenvalue weighted by Crippen LogP contribution is 2.31. The van der Waals surface area contributed by atoms with Crippen LogP contribution >= 0.6 is 0 Å². The van der Waals surface area contributed by atoms with E-state index < -0.39 is 10.0 Å². The van der Waals surface area contributed by atoms with Crippen molar-refractivity contribution in [3.05, 3.63) is 60.2 Å². The lowest BCUT2D eigenvalue weighted by Crippen LogP contribution is -2.49. The van der Waals surface area contributed by atoms with Crippen LogP contribution in [0.15, 0.2) is 59.5 Å². The van der Waals surface area contributed by atoms with Crippen LogP contribution in [0, 0.1) is 0 Å². The minimum absolute atomic E-state index is 0.103. The molecule has 6 nitrogen and oxygen atoms in total. The average molecular weight is 388 g/mol. The predicted molar refractivity (Wildman–Crippen MR) is 106 cm³/mol. The largest absolute Gasteiger partial charge is 0.326 e. The molecule has 1 atom stereocenters. The third kappa shape index (κ3) is 4.37. The van der Waals surface area contributed by atoms with Gasteiger partial charge in [0.1, 0.15) is 0 Å². The molecule has 1 aliphatic rings. The Bertz CT molecular complexity index is 882. The van der Waals surface area contributed by atoms with Crippen molar-refractivity contribution < 1.29 is 13.2 Å². The first-order valence-corrected chi connectivity index (χ1v) is 10.5. The standard InChI is InChI=1S/C20H25N3O3S/c1-3-20(24)21-17-9-11-18(12-10-17)27(25,26)23-14-13-22(2)15-19(23)16-7-5-4-6-8-16/h4-12,19H,3,13-15H2,1-2H3,(H,21,24). The number of sulfonamides is 1. The van der Waals surface area contributed by atoms with Gasteiger partial charge in [-0.1, -0.05) is 37.3 Å². The van der Waals surface area contributed by atoms with Crippen LogP contribution in [0.5, 0.6) is 0 Å². The Hall–Kier alpha value is -2.22. The zero-order valence-electron chi connectivity index (χ0n) is 15.6. The number of carbonyl (C=O) groups excluding carboxylic acids is 1. The molecule has 2 aromatic carbocycles. The summed E-state index contributed by atoms with van der Waals surface area (Å²) < 4.78 is 28.2. The van der Waals surface area contributed by atoms with E-state index >= 15 is 0 Å². The summed E-state index contributed by atoms with van der Waals surface area (Å²) in [6.45, 7) is 3.54. The van der Waals surface area contributed by atoms with Crippen LogP contribution in [0.1, 0.15) is 24.9 Å². The molecule has 0 spiro atoms. The van der Waals surface area contributed by atoms with Crippen LogP contribution in [0.25, 0.3) is 0 Å². The monoisotopic (exact) mass is 387 g/mol. The molecule has 1 aliphatic heterocycles. The molecule has 0 radical (unpaired) electrons. The molecule has 1 fully saturated rings. The molecule has 0 bridgehead atoms. The van der Waals surface area contributed by atoms with E-state index in [4.69, 9.17) is 0 Å². The summed E-state index contributed by atoms with van der Waals surface area (Å²) in [5.41, 5.74) is 1.58. The fourth-order valence-corrected chi connectivity index (χ4v) is 4.83. The van der Waals surface area contributed by atoms with E-state index in [1.54, 1.807) is 35.5 Å². The van der Waals surface area contributed by atoms with Gasteiger partial charge in [0.15, 0.2) is 0 Å². The summed E-state index contributed by atoms with van der Waals surface area (Å²) in [5, 5.41) is 2.74. The van der Waals surface area contributed by atoms with Gasteiger partial charge in [0.25, 0.3) is 0 Å². The Labute approximate surface area is 160 Å². The second-order valence-electron chi connectivity index (χ2n) is 6.73. The number of carbonyl (C=O) groups is 1. The van der Waals surface area contributed by atoms with E-state index in [9.17, 15) is 13.2 Å². The molecule has 27 heavy (non-hydrogen) atoms. The third-order valence-corrected chi connectivity index (χ3v) is 6.71. The van der Waals surface area contributed by atoms with Crippen molar-refractivity contribution in [1.82, 2.24) is 9.21 Å². The highest BCUT2D eigenvalue weighted by atomic mass is 32.2. The number of likely N-dealkylation sites (N-methyl/N-ethyl adjacent to an activating group) is 1. The number of rotatable bonds is 5. The Morgan fingerprint density at radius 3 is 2.37 bits per heavy atom. The van der Waals surface area contributed by atoms with Crippen molar-refractivity contribution in [2.24, 2.45) is 0 Å². The predicted octanol–water partition coefficient (Wildman–Crippen LogP) is 2.71. The van der Waals surface area contributed by atoms with Gasteiger partial charge in [-0.2, -0.15) is 4.31 Å². The lowest BCUT2D eigenvalue weighted by atomic mass is 10.1. The molecule has 0 aliphatic carbocycles. The van der Waals surface area contributed by atoms with Crippen LogP contribution in [0.4, 0.5) is 5.69 Å². The summed E-state index contributed by atoms with van der Waals surface area (Å²) in [6.07, 6.45) is 0.375. The number of anilines is 1. The number of nitrogens with zero attached hydrogens (tertiary/aromatic N) is 2. The Kier molecular flexibility index (Phi) is 5.94. The minimum atomic E-state index is -3.64. The quantitative estimate of drug-likeness (QED) is 0.856. The van der Waals surface area contributed by atoms with Crippen molar-refractivity contribution in [3.8, 4) is 0 Å². The topological polar surface area (TPSA) is 69.7 Å². The lowest BCUT2D eigenvalue weighted by Gasteiger charge is -2.39. The molecule has 1 saturated heterocycles. The summed E-state index contributed by atoms with van der Waals surface area (Å²) in [4.78, 5) is 13.9. The molecule has 0 saturated carbocycles. The SMILES string of the molecule is CCC(=O)Nc1ccc(S(=O)(=O)N2CCN(C)CC2c2ccccc2)cc1. The average Bonchev–Trinajstić information content (AvgIpc) is 2.68. The maximum absolute atomic E-state index is 13.3. The van der Waals surface area contributed by atoms with E-state index in [0.29, 0.717) is 31.7 Å². The van der Waals surface area contributed by atoms with Gasteiger partial charge in [0.05, 0.1) is 10.9 Å². The lowest BCUT2D eigenvalue weighted by molar-refractivity contribution is -0.115. The van der Waals surface area contributed by atoms with E-state index in [1.807, 2.05) is 37.4 Å². The van der Waals surface area contributed by atoms with Crippen LogP contribution in [-0.4, -0.2) is 50.2 Å². The Morgan fingerprint density at radius 2 is 1.74 bits per heavy atom. The molecular formula is C20H25N3O3S. The maximum Gasteiger partial charge on any atom is 0.243 e. The van der Waals surface area contributed by atoms with Crippen molar-refractivity contribution in [2.75, 3.05) is 32.0 Å². The first kappa shape index (κ1) is 19.5. The zero-order chi connectivity index (χ0) is 19.4. The molecular weight excluding hydrogens is 362 g/mol. The second kappa shape index (κ2) is 8.21. The normalized spacial score (nSPS) is 19.0. The second-order valence-corrected chi connectivity index (χ2v) is 8.62. The fourth-order valence-electron chi connectivity index (χ4n) is 3.23. The molecule has 1 N–H and O–H groups in total. The highest BCUT2D eigenvalue weighted by molar-refractivity contribution is 7.89. The smallest absolute Gasteiger partial charge is 0.243 e. The number of amides is 1. The number of hydrogen-bond acceptors (Lipinski definition) is 4. The molecule has 144 valence electrons. The van der Waals surface area contributed by atoms with Gasteiger partial charge in [0.2, 0.25) is 15.9 Å². The van der Waals surface area contributed by atoms with E-state index in [0.717, 1.165) is 5.56 Å². The zero-order valence-corrected chi connectivity index (χ0v) is 16.4. The van der Waals surface area contributed by atoms with E-state index in [-0.39, 0.29) is 16.8 Å². The fraction of sp³-hybridized carbons (Fsp3) is 0.350. The highest BCUT2D eigenvalue weighted by Gasteiger charge is 2.36. The third-order valence-electron chi connectivity index (χ3n) is 4.78. The number of nitrogens with one attached hydrogen (secondary N) is 1. The van der Waals surface area contributed by atoms with Gasteiger partial charge in [0, 0.05) is 31.7 Å². The van der Waals surface area contributed by atoms with Crippen LogP contribution < -0.4 is 5.32 Å². The first-order chi connectivity index (χ1) is 12.9. The van der Waals surface area contributed by atoms with Crippen LogP contribution in [0.2, 0.25) is 0 Å². The molecule has 7 heteroatoms. The van der Waals surface area contributed by atoms with Gasteiger partial charge < -0.3 is 10.2 Å². The number of piperazine rings is 1. The first-order valence-electron chi connectivity index (χ1n) is 9.07. The van der Waals surface area contributed by atoms with E-state index in [2.05, 4.69) is 10.2 Å². The molecule has 0 aromatic heterocycles. The Morgan fingerprint density at radius 1 is 1.07 bits per heavy atom. The van der Waals surface area contributed by atoms with Gasteiger partial charge >= 0.3 is 0 Å². The summed E-state index contributed by atoms with van der Waals surface area (Å²) in [6, 6.07) is 15.9. The number of hydrogen-bond donors (Lipinski definition) is 1. The molecule has 1 unspecified atom stereocenters. The van der Waals surface area contributed by atoms with Crippen LogP contribution in [0.3, 0.4) is 0 Å². The molecule has 2 aromatic rings. The van der Waals surface area contributed by atoms with E-state index in [1.165, 1.54) is 0 Å².